The highest BCUT2D eigenvalue weighted by molar-refractivity contribution is 14.0. The topological polar surface area (TPSA) is 43.3 Å². The second kappa shape index (κ2) is 14.4. The Labute approximate surface area is 210 Å². The number of aliphatic imine (C=N–C) groups is 1. The van der Waals surface area contributed by atoms with E-state index in [1.165, 1.54) is 0 Å². The molecule has 176 valence electrons. The quantitative estimate of drug-likeness (QED) is 0.225. The van der Waals surface area contributed by atoms with Gasteiger partial charge in [0.05, 0.1) is 16.8 Å². The Morgan fingerprint density at radius 2 is 1.81 bits per heavy atom. The van der Waals surface area contributed by atoms with Gasteiger partial charge in [-0.1, -0.05) is 23.7 Å². The number of anilines is 1. The van der Waals surface area contributed by atoms with Crippen molar-refractivity contribution < 1.29 is 4.74 Å². The maximum atomic E-state index is 6.35. The van der Waals surface area contributed by atoms with Crippen LogP contribution in [0.15, 0.2) is 29.3 Å². The number of guanidine groups is 1. The van der Waals surface area contributed by atoms with Gasteiger partial charge in [0.15, 0.2) is 5.96 Å². The summed E-state index contributed by atoms with van der Waals surface area (Å²) in [5.41, 5.74) is 1.16. The summed E-state index contributed by atoms with van der Waals surface area (Å²) in [6, 6.07) is 8.15. The summed E-state index contributed by atoms with van der Waals surface area (Å²) < 4.78 is 5.78. The number of piperazine rings is 1. The number of benzene rings is 1. The van der Waals surface area contributed by atoms with E-state index < -0.39 is 0 Å². The van der Waals surface area contributed by atoms with Crippen LogP contribution in [-0.2, 0) is 4.74 Å². The maximum absolute atomic E-state index is 6.35. The Kier molecular flexibility index (Phi) is 12.3. The van der Waals surface area contributed by atoms with Crippen molar-refractivity contribution in [2.24, 2.45) is 4.99 Å². The van der Waals surface area contributed by atoms with E-state index in [0.717, 1.165) is 101 Å². The summed E-state index contributed by atoms with van der Waals surface area (Å²) in [6.45, 7) is 14.2. The molecule has 8 heteroatoms. The lowest BCUT2D eigenvalue weighted by Crippen LogP contribution is -2.47. The average molecular weight is 564 g/mol. The van der Waals surface area contributed by atoms with Crippen LogP contribution in [0.5, 0.6) is 0 Å². The normalized spacial score (nSPS) is 18.7. The summed E-state index contributed by atoms with van der Waals surface area (Å²) in [4.78, 5) is 12.2. The number of para-hydroxylation sites is 1. The van der Waals surface area contributed by atoms with Crippen LogP contribution in [0, 0.1) is 0 Å². The van der Waals surface area contributed by atoms with Crippen molar-refractivity contribution in [3.63, 3.8) is 0 Å². The molecule has 0 unspecified atom stereocenters. The van der Waals surface area contributed by atoms with E-state index in [1.807, 2.05) is 12.1 Å². The number of nitrogens with one attached hydrogen (secondary N) is 1. The van der Waals surface area contributed by atoms with Gasteiger partial charge in [0, 0.05) is 65.5 Å². The minimum Gasteiger partial charge on any atom is -0.378 e. The fraction of sp³-hybridized carbons (Fsp3) is 0.696. The minimum atomic E-state index is 0. The summed E-state index contributed by atoms with van der Waals surface area (Å²) in [7, 11) is 0. The van der Waals surface area contributed by atoms with Crippen LogP contribution in [0.4, 0.5) is 5.69 Å². The van der Waals surface area contributed by atoms with Crippen LogP contribution in [-0.4, -0.2) is 87.4 Å². The number of likely N-dealkylation sites (tertiary alicyclic amines) is 1. The molecular weight excluding hydrogens is 525 g/mol. The highest BCUT2D eigenvalue weighted by Gasteiger charge is 2.22. The predicted molar refractivity (Wildman–Crippen MR) is 142 cm³/mol. The van der Waals surface area contributed by atoms with Gasteiger partial charge in [-0.3, -0.25) is 9.89 Å². The Balaban J connectivity index is 0.00000341. The smallest absolute Gasteiger partial charge is 0.193 e. The van der Waals surface area contributed by atoms with Crippen LogP contribution in [0.25, 0.3) is 0 Å². The monoisotopic (exact) mass is 563 g/mol. The molecule has 0 aliphatic carbocycles. The molecule has 0 aromatic heterocycles. The second-order valence-electron chi connectivity index (χ2n) is 8.01. The lowest BCUT2D eigenvalue weighted by atomic mass is 10.1. The van der Waals surface area contributed by atoms with Crippen molar-refractivity contribution in [2.75, 3.05) is 70.4 Å². The standard InChI is InChI=1S/C23H38ClN5O.HI/c1-3-25-23(29-14-10-20(11-15-29)30-4-2)26-12-7-13-27-16-18-28(19-17-27)22-9-6-5-8-21(22)24;/h5-6,8-9,20H,3-4,7,10-19H2,1-2H3,(H,25,26);1H. The first-order valence-electron chi connectivity index (χ1n) is 11.6. The Morgan fingerprint density at radius 3 is 2.45 bits per heavy atom. The van der Waals surface area contributed by atoms with Crippen molar-refractivity contribution >= 4 is 47.2 Å². The van der Waals surface area contributed by atoms with Crippen LogP contribution >= 0.6 is 35.6 Å². The molecule has 2 aliphatic heterocycles. The predicted octanol–water partition coefficient (Wildman–Crippen LogP) is 3.94. The molecule has 1 aromatic carbocycles. The first-order chi connectivity index (χ1) is 14.7. The number of halogens is 2. The molecule has 0 spiro atoms. The molecule has 0 saturated carbocycles. The summed E-state index contributed by atoms with van der Waals surface area (Å²) >= 11 is 6.35. The third-order valence-corrected chi connectivity index (χ3v) is 6.26. The summed E-state index contributed by atoms with van der Waals surface area (Å²) in [5.74, 6) is 1.07. The van der Waals surface area contributed by atoms with Crippen molar-refractivity contribution in [1.82, 2.24) is 15.1 Å². The van der Waals surface area contributed by atoms with E-state index in [1.54, 1.807) is 0 Å². The van der Waals surface area contributed by atoms with Crippen LogP contribution in [0.2, 0.25) is 5.02 Å². The molecule has 3 rings (SSSR count). The third kappa shape index (κ3) is 8.26. The number of hydrogen-bond donors (Lipinski definition) is 1. The average Bonchev–Trinajstić information content (AvgIpc) is 2.78. The van der Waals surface area contributed by atoms with Crippen LogP contribution < -0.4 is 10.2 Å². The van der Waals surface area contributed by atoms with E-state index in [4.69, 9.17) is 21.3 Å². The molecule has 1 N–H and O–H groups in total. The number of nitrogens with zero attached hydrogens (tertiary/aromatic N) is 4. The van der Waals surface area contributed by atoms with E-state index in [0.29, 0.717) is 6.10 Å². The van der Waals surface area contributed by atoms with Crippen molar-refractivity contribution in [3.05, 3.63) is 29.3 Å². The molecule has 1 aromatic rings. The lowest BCUT2D eigenvalue weighted by molar-refractivity contribution is 0.0264. The SMILES string of the molecule is CCNC(=NCCCN1CCN(c2ccccc2Cl)CC1)N1CCC(OCC)CC1.I. The van der Waals surface area contributed by atoms with Gasteiger partial charge in [0.2, 0.25) is 0 Å². The summed E-state index contributed by atoms with van der Waals surface area (Å²) in [5, 5.41) is 4.32. The van der Waals surface area contributed by atoms with Gasteiger partial charge in [-0.25, -0.2) is 0 Å². The van der Waals surface area contributed by atoms with Crippen molar-refractivity contribution in [2.45, 2.75) is 39.2 Å². The molecule has 0 amide bonds. The molecule has 0 atom stereocenters. The highest BCUT2D eigenvalue weighted by atomic mass is 127. The van der Waals surface area contributed by atoms with E-state index in [2.05, 4.69) is 46.0 Å². The van der Waals surface area contributed by atoms with Gasteiger partial charge in [-0.05, 0) is 45.2 Å². The molecule has 2 saturated heterocycles. The third-order valence-electron chi connectivity index (χ3n) is 5.94. The van der Waals surface area contributed by atoms with Crippen molar-refractivity contribution in [1.29, 1.82) is 0 Å². The van der Waals surface area contributed by atoms with Gasteiger partial charge >= 0.3 is 0 Å². The van der Waals surface area contributed by atoms with Crippen molar-refractivity contribution in [3.8, 4) is 0 Å². The number of piperidine rings is 1. The zero-order valence-corrected chi connectivity index (χ0v) is 22.1. The van der Waals surface area contributed by atoms with E-state index >= 15 is 0 Å². The maximum Gasteiger partial charge on any atom is 0.193 e. The minimum absolute atomic E-state index is 0. The fourth-order valence-corrected chi connectivity index (χ4v) is 4.55. The Bertz CT molecular complexity index is 661. The highest BCUT2D eigenvalue weighted by Crippen LogP contribution is 2.26. The zero-order chi connectivity index (χ0) is 21.2. The van der Waals surface area contributed by atoms with Gasteiger partial charge in [0.1, 0.15) is 0 Å². The van der Waals surface area contributed by atoms with E-state index in [-0.39, 0.29) is 24.0 Å². The van der Waals surface area contributed by atoms with Crippen LogP contribution in [0.3, 0.4) is 0 Å². The first-order valence-corrected chi connectivity index (χ1v) is 12.0. The molecule has 2 heterocycles. The van der Waals surface area contributed by atoms with Gasteiger partial charge in [0.25, 0.3) is 0 Å². The first kappa shape index (κ1) is 26.5. The number of rotatable bonds is 8. The van der Waals surface area contributed by atoms with Crippen LogP contribution in [0.1, 0.15) is 33.1 Å². The number of ether oxygens (including phenoxy) is 1. The lowest BCUT2D eigenvalue weighted by Gasteiger charge is -2.36. The van der Waals surface area contributed by atoms with Gasteiger partial charge in [-0.15, -0.1) is 24.0 Å². The second-order valence-corrected chi connectivity index (χ2v) is 8.42. The molecule has 31 heavy (non-hydrogen) atoms. The Hall–Kier alpha value is -0.770. The fourth-order valence-electron chi connectivity index (χ4n) is 4.30. The molecule has 6 nitrogen and oxygen atoms in total. The van der Waals surface area contributed by atoms with Gasteiger partial charge in [-0.2, -0.15) is 0 Å². The summed E-state index contributed by atoms with van der Waals surface area (Å²) in [6.07, 6.45) is 3.69. The zero-order valence-electron chi connectivity index (χ0n) is 19.1. The molecule has 2 aliphatic rings. The molecular formula is C23H39ClIN5O. The molecule has 0 bridgehead atoms. The van der Waals surface area contributed by atoms with E-state index in [9.17, 15) is 0 Å². The Morgan fingerprint density at radius 1 is 1.10 bits per heavy atom. The molecule has 0 radical (unpaired) electrons. The largest absolute Gasteiger partial charge is 0.378 e. The van der Waals surface area contributed by atoms with Gasteiger partial charge < -0.3 is 19.9 Å². The molecule has 2 fully saturated rings. The number of hydrogen-bond acceptors (Lipinski definition) is 4.